The highest BCUT2D eigenvalue weighted by molar-refractivity contribution is 6.30. The van der Waals surface area contributed by atoms with Crippen LogP contribution in [0, 0.1) is 6.92 Å². The van der Waals surface area contributed by atoms with Gasteiger partial charge in [0.1, 0.15) is 11.3 Å². The molecule has 2 aromatic carbocycles. The highest BCUT2D eigenvalue weighted by Gasteiger charge is 2.20. The van der Waals surface area contributed by atoms with E-state index in [4.69, 9.17) is 21.8 Å². The van der Waals surface area contributed by atoms with Gasteiger partial charge in [0.2, 0.25) is 5.43 Å². The summed E-state index contributed by atoms with van der Waals surface area (Å²) in [6.07, 6.45) is 0. The Morgan fingerprint density at radius 2 is 1.74 bits per heavy atom. The van der Waals surface area contributed by atoms with Crippen molar-refractivity contribution in [3.05, 3.63) is 63.0 Å². The van der Waals surface area contributed by atoms with Crippen molar-refractivity contribution in [1.29, 1.82) is 0 Å². The average Bonchev–Trinajstić information content (AvgIpc) is 2.52. The second-order valence-electron chi connectivity index (χ2n) is 5.99. The smallest absolute Gasteiger partial charge is 0.200 e. The van der Waals surface area contributed by atoms with Crippen LogP contribution in [-0.4, -0.2) is 0 Å². The first-order chi connectivity index (χ1) is 10.9. The van der Waals surface area contributed by atoms with Crippen LogP contribution in [0.15, 0.2) is 45.6 Å². The van der Waals surface area contributed by atoms with E-state index < -0.39 is 0 Å². The van der Waals surface area contributed by atoms with Crippen LogP contribution in [0.25, 0.3) is 22.1 Å². The van der Waals surface area contributed by atoms with Gasteiger partial charge < -0.3 is 10.2 Å². The summed E-state index contributed by atoms with van der Waals surface area (Å²) in [6.45, 7) is 5.88. The van der Waals surface area contributed by atoms with Crippen LogP contribution >= 0.6 is 11.6 Å². The Morgan fingerprint density at radius 3 is 2.35 bits per heavy atom. The van der Waals surface area contributed by atoms with Gasteiger partial charge in [-0.25, -0.2) is 0 Å². The van der Waals surface area contributed by atoms with Gasteiger partial charge >= 0.3 is 0 Å². The summed E-state index contributed by atoms with van der Waals surface area (Å²) in [6, 6.07) is 10.7. The molecule has 118 valence electrons. The molecule has 1 aromatic heterocycles. The van der Waals surface area contributed by atoms with Crippen molar-refractivity contribution >= 4 is 28.3 Å². The van der Waals surface area contributed by atoms with Crippen molar-refractivity contribution in [2.75, 3.05) is 5.73 Å². The number of hydrogen-bond acceptors (Lipinski definition) is 3. The summed E-state index contributed by atoms with van der Waals surface area (Å²) in [7, 11) is 0. The molecule has 3 nitrogen and oxygen atoms in total. The SMILES string of the molecule is Cc1c(N)ccc2c(=O)c(-c3ccc(Cl)cc3)c(C(C)C)oc12. The normalized spacial score (nSPS) is 11.3. The first-order valence-corrected chi connectivity index (χ1v) is 7.89. The largest absolute Gasteiger partial charge is 0.460 e. The molecule has 4 heteroatoms. The maximum atomic E-state index is 13.1. The number of aryl methyl sites for hydroxylation is 1. The van der Waals surface area contributed by atoms with Crippen molar-refractivity contribution in [1.82, 2.24) is 0 Å². The van der Waals surface area contributed by atoms with E-state index in [0.717, 1.165) is 11.1 Å². The molecular formula is C19H18ClNO2. The molecule has 0 spiro atoms. The molecule has 0 bridgehead atoms. The molecule has 3 rings (SSSR count). The Balaban J connectivity index is 2.43. The molecular weight excluding hydrogens is 310 g/mol. The van der Waals surface area contributed by atoms with Gasteiger partial charge in [-0.05, 0) is 36.8 Å². The van der Waals surface area contributed by atoms with Gasteiger partial charge in [-0.15, -0.1) is 0 Å². The average molecular weight is 328 g/mol. The Bertz CT molecular complexity index is 940. The molecule has 0 fully saturated rings. The van der Waals surface area contributed by atoms with E-state index in [0.29, 0.717) is 33.0 Å². The topological polar surface area (TPSA) is 56.2 Å². The van der Waals surface area contributed by atoms with Gasteiger partial charge in [0.15, 0.2) is 0 Å². The summed E-state index contributed by atoms with van der Waals surface area (Å²) >= 11 is 5.96. The van der Waals surface area contributed by atoms with Crippen molar-refractivity contribution in [2.24, 2.45) is 0 Å². The summed E-state index contributed by atoms with van der Waals surface area (Å²) < 4.78 is 6.12. The molecule has 23 heavy (non-hydrogen) atoms. The minimum absolute atomic E-state index is 0.0413. The van der Waals surface area contributed by atoms with E-state index in [1.807, 2.05) is 32.9 Å². The molecule has 0 amide bonds. The lowest BCUT2D eigenvalue weighted by Gasteiger charge is -2.14. The number of rotatable bonds is 2. The molecule has 0 saturated carbocycles. The van der Waals surface area contributed by atoms with Crippen molar-refractivity contribution in [2.45, 2.75) is 26.7 Å². The fourth-order valence-corrected chi connectivity index (χ4v) is 2.85. The van der Waals surface area contributed by atoms with Crippen LogP contribution < -0.4 is 11.2 Å². The predicted molar refractivity (Wildman–Crippen MR) is 96.2 cm³/mol. The Morgan fingerprint density at radius 1 is 1.09 bits per heavy atom. The Kier molecular flexibility index (Phi) is 3.90. The second kappa shape index (κ2) is 5.74. The van der Waals surface area contributed by atoms with E-state index in [1.54, 1.807) is 24.3 Å². The zero-order chi connectivity index (χ0) is 16.7. The molecule has 0 aliphatic carbocycles. The number of halogens is 1. The summed E-state index contributed by atoms with van der Waals surface area (Å²) in [5, 5.41) is 1.18. The van der Waals surface area contributed by atoms with Crippen LogP contribution in [0.4, 0.5) is 5.69 Å². The molecule has 3 aromatic rings. The van der Waals surface area contributed by atoms with Crippen molar-refractivity contribution in [3.63, 3.8) is 0 Å². The standard InChI is InChI=1S/C19H18ClNO2/c1-10(2)18-16(12-4-6-13(20)7-5-12)17(22)14-8-9-15(21)11(3)19(14)23-18/h4-10H,21H2,1-3H3. The van der Waals surface area contributed by atoms with Gasteiger partial charge in [0.25, 0.3) is 0 Å². The van der Waals surface area contributed by atoms with Gasteiger partial charge in [-0.1, -0.05) is 37.6 Å². The molecule has 0 aliphatic heterocycles. The molecule has 0 saturated heterocycles. The lowest BCUT2D eigenvalue weighted by Crippen LogP contribution is -2.11. The molecule has 0 atom stereocenters. The van der Waals surface area contributed by atoms with Crippen LogP contribution in [-0.2, 0) is 0 Å². The molecule has 1 heterocycles. The fraction of sp³-hybridized carbons (Fsp3) is 0.211. The highest BCUT2D eigenvalue weighted by Crippen LogP contribution is 2.32. The first-order valence-electron chi connectivity index (χ1n) is 7.52. The lowest BCUT2D eigenvalue weighted by molar-refractivity contribution is 0.510. The van der Waals surface area contributed by atoms with Gasteiger partial charge in [-0.2, -0.15) is 0 Å². The van der Waals surface area contributed by atoms with E-state index in [2.05, 4.69) is 0 Å². The molecule has 2 N–H and O–H groups in total. The lowest BCUT2D eigenvalue weighted by atomic mass is 9.96. The minimum Gasteiger partial charge on any atom is -0.460 e. The number of hydrogen-bond donors (Lipinski definition) is 1. The van der Waals surface area contributed by atoms with Gasteiger partial charge in [0.05, 0.1) is 10.9 Å². The molecule has 0 radical (unpaired) electrons. The van der Waals surface area contributed by atoms with Gasteiger partial charge in [0, 0.05) is 22.2 Å². The van der Waals surface area contributed by atoms with E-state index in [1.165, 1.54) is 0 Å². The number of benzene rings is 2. The second-order valence-corrected chi connectivity index (χ2v) is 6.42. The van der Waals surface area contributed by atoms with Crippen molar-refractivity contribution in [3.8, 4) is 11.1 Å². The summed E-state index contributed by atoms with van der Waals surface area (Å²) in [4.78, 5) is 13.1. The Labute approximate surface area is 139 Å². The molecule has 0 unspecified atom stereocenters. The summed E-state index contributed by atoms with van der Waals surface area (Å²) in [5.41, 5.74) is 9.29. The zero-order valence-electron chi connectivity index (χ0n) is 13.3. The Hall–Kier alpha value is -2.26. The maximum absolute atomic E-state index is 13.1. The van der Waals surface area contributed by atoms with Crippen molar-refractivity contribution < 1.29 is 4.42 Å². The van der Waals surface area contributed by atoms with Crippen LogP contribution in [0.1, 0.15) is 31.1 Å². The third-order valence-corrected chi connectivity index (χ3v) is 4.29. The number of nitrogens with two attached hydrogens (primary N) is 1. The number of fused-ring (bicyclic) bond motifs is 1. The van der Waals surface area contributed by atoms with E-state index >= 15 is 0 Å². The van der Waals surface area contributed by atoms with Crippen LogP contribution in [0.5, 0.6) is 0 Å². The zero-order valence-corrected chi connectivity index (χ0v) is 14.1. The monoisotopic (exact) mass is 327 g/mol. The fourth-order valence-electron chi connectivity index (χ4n) is 2.72. The number of nitrogen functional groups attached to an aromatic ring is 1. The van der Waals surface area contributed by atoms with Gasteiger partial charge in [-0.3, -0.25) is 4.79 Å². The quantitative estimate of drug-likeness (QED) is 0.664. The van der Waals surface area contributed by atoms with Crippen LogP contribution in [0.2, 0.25) is 5.02 Å². The minimum atomic E-state index is -0.0413. The third kappa shape index (κ3) is 2.62. The first kappa shape index (κ1) is 15.6. The third-order valence-electron chi connectivity index (χ3n) is 4.04. The highest BCUT2D eigenvalue weighted by atomic mass is 35.5. The number of anilines is 1. The predicted octanol–water partition coefficient (Wildman–Crippen LogP) is 5.13. The van der Waals surface area contributed by atoms with E-state index in [-0.39, 0.29) is 11.3 Å². The van der Waals surface area contributed by atoms with Crippen LogP contribution in [0.3, 0.4) is 0 Å². The van der Waals surface area contributed by atoms with E-state index in [9.17, 15) is 4.79 Å². The maximum Gasteiger partial charge on any atom is 0.200 e. The molecule has 0 aliphatic rings. The summed E-state index contributed by atoms with van der Waals surface area (Å²) in [5.74, 6) is 0.733.